The third-order valence-electron chi connectivity index (χ3n) is 0.625. The molecule has 0 rings (SSSR count). The van der Waals surface area contributed by atoms with Gasteiger partial charge in [-0.3, -0.25) is 0 Å². The molecule has 0 aliphatic carbocycles. The highest BCUT2D eigenvalue weighted by atomic mass is 16.4. The number of hydrogen-bond acceptors (Lipinski definition) is 3. The lowest BCUT2D eigenvalue weighted by atomic mass is 10.4. The molecule has 0 aliphatic rings. The number of carboxylic acids is 1. The average molecular weight is 129 g/mol. The molecule has 2 N–H and O–H groups in total. The van der Waals surface area contributed by atoms with Crippen molar-refractivity contribution in [2.45, 2.75) is 6.92 Å². The minimum absolute atomic E-state index is 0.261. The molecule has 0 amide bonds. The summed E-state index contributed by atoms with van der Waals surface area (Å²) in [5.41, 5.74) is 0.261. The van der Waals surface area contributed by atoms with Gasteiger partial charge in [0.05, 0.1) is 5.71 Å². The van der Waals surface area contributed by atoms with Crippen LogP contribution in [0.3, 0.4) is 0 Å². The molecule has 4 heteroatoms. The molecule has 0 heterocycles. The highest BCUT2D eigenvalue weighted by Gasteiger charge is 1.85. The molecule has 0 aliphatic heterocycles. The second kappa shape index (κ2) is 3.65. The third kappa shape index (κ3) is 4.53. The van der Waals surface area contributed by atoms with Gasteiger partial charge in [0.25, 0.3) is 0 Å². The first-order valence-corrected chi connectivity index (χ1v) is 2.26. The molecule has 0 aromatic rings. The Balaban J connectivity index is 3.86. The Bertz CT molecular complexity index is 160. The van der Waals surface area contributed by atoms with Gasteiger partial charge in [0, 0.05) is 6.08 Å². The number of hydrogen-bond donors (Lipinski definition) is 2. The standard InChI is InChI=1S/C5H7NO3/c1-4(6-9)2-3-5(7)8/h2-3,9H,1H3,(H,7,8). The van der Waals surface area contributed by atoms with E-state index in [1.807, 2.05) is 0 Å². The van der Waals surface area contributed by atoms with Crippen molar-refractivity contribution in [2.24, 2.45) is 5.16 Å². The van der Waals surface area contributed by atoms with E-state index in [2.05, 4.69) is 5.16 Å². The first-order valence-electron chi connectivity index (χ1n) is 2.26. The summed E-state index contributed by atoms with van der Waals surface area (Å²) in [6, 6.07) is 0. The van der Waals surface area contributed by atoms with Gasteiger partial charge in [-0.05, 0) is 13.0 Å². The number of allylic oxidation sites excluding steroid dienone is 1. The lowest BCUT2D eigenvalue weighted by Gasteiger charge is -1.81. The quantitative estimate of drug-likeness (QED) is 0.246. The summed E-state index contributed by atoms with van der Waals surface area (Å²) >= 11 is 0. The molecule has 0 aromatic heterocycles. The molecule has 0 bridgehead atoms. The van der Waals surface area contributed by atoms with Crippen LogP contribution in [0.1, 0.15) is 6.92 Å². The van der Waals surface area contributed by atoms with Gasteiger partial charge in [-0.1, -0.05) is 5.16 Å². The Kier molecular flexibility index (Phi) is 3.12. The largest absolute Gasteiger partial charge is 0.478 e. The summed E-state index contributed by atoms with van der Waals surface area (Å²) in [6.45, 7) is 1.49. The van der Waals surface area contributed by atoms with Crippen LogP contribution in [0.2, 0.25) is 0 Å². The molecule has 50 valence electrons. The Labute approximate surface area is 52.1 Å². The van der Waals surface area contributed by atoms with E-state index in [9.17, 15) is 4.79 Å². The summed E-state index contributed by atoms with van der Waals surface area (Å²) < 4.78 is 0. The zero-order chi connectivity index (χ0) is 7.28. The average Bonchev–Trinajstić information content (AvgIpc) is 1.83. The number of rotatable bonds is 2. The van der Waals surface area contributed by atoms with Crippen molar-refractivity contribution >= 4 is 11.7 Å². The van der Waals surface area contributed by atoms with E-state index >= 15 is 0 Å². The van der Waals surface area contributed by atoms with Crippen LogP contribution in [0.5, 0.6) is 0 Å². The van der Waals surface area contributed by atoms with Crippen LogP contribution < -0.4 is 0 Å². The molecule has 0 fully saturated rings. The van der Waals surface area contributed by atoms with Gasteiger partial charge in [0.1, 0.15) is 0 Å². The summed E-state index contributed by atoms with van der Waals surface area (Å²) in [6.07, 6.45) is 2.09. The molecule has 0 saturated heterocycles. The Hall–Kier alpha value is -1.32. The molecule has 4 nitrogen and oxygen atoms in total. The van der Waals surface area contributed by atoms with E-state index in [0.29, 0.717) is 0 Å². The lowest BCUT2D eigenvalue weighted by molar-refractivity contribution is -0.131. The molecule has 0 aromatic carbocycles. The highest BCUT2D eigenvalue weighted by Crippen LogP contribution is 1.77. The van der Waals surface area contributed by atoms with Gasteiger partial charge in [0.2, 0.25) is 0 Å². The molecular formula is C5H7NO3. The number of oxime groups is 1. The van der Waals surface area contributed by atoms with Gasteiger partial charge in [-0.15, -0.1) is 0 Å². The van der Waals surface area contributed by atoms with Crippen LogP contribution in [-0.2, 0) is 4.79 Å². The van der Waals surface area contributed by atoms with Crippen LogP contribution in [0.25, 0.3) is 0 Å². The first-order chi connectivity index (χ1) is 4.16. The fourth-order valence-corrected chi connectivity index (χ4v) is 0.225. The molecule has 0 atom stereocenters. The monoisotopic (exact) mass is 129 g/mol. The van der Waals surface area contributed by atoms with E-state index in [-0.39, 0.29) is 5.71 Å². The molecule has 0 unspecified atom stereocenters. The van der Waals surface area contributed by atoms with Gasteiger partial charge in [0.15, 0.2) is 0 Å². The smallest absolute Gasteiger partial charge is 0.328 e. The van der Waals surface area contributed by atoms with Crippen LogP contribution >= 0.6 is 0 Å². The molecule has 0 saturated carbocycles. The molecular weight excluding hydrogens is 122 g/mol. The van der Waals surface area contributed by atoms with E-state index in [1.54, 1.807) is 0 Å². The van der Waals surface area contributed by atoms with E-state index in [4.69, 9.17) is 10.3 Å². The van der Waals surface area contributed by atoms with Crippen LogP contribution in [0, 0.1) is 0 Å². The topological polar surface area (TPSA) is 69.9 Å². The summed E-state index contributed by atoms with van der Waals surface area (Å²) in [5.74, 6) is -1.06. The van der Waals surface area contributed by atoms with E-state index in [1.165, 1.54) is 13.0 Å². The maximum Gasteiger partial charge on any atom is 0.328 e. The normalized spacial score (nSPS) is 12.3. The minimum Gasteiger partial charge on any atom is -0.478 e. The van der Waals surface area contributed by atoms with Crippen LogP contribution in [0.15, 0.2) is 17.3 Å². The summed E-state index contributed by atoms with van der Waals surface area (Å²) in [5, 5.41) is 18.8. The molecule has 9 heavy (non-hydrogen) atoms. The van der Waals surface area contributed by atoms with E-state index < -0.39 is 5.97 Å². The SMILES string of the molecule is CC(C=CC(=O)O)=NO. The molecule has 0 spiro atoms. The number of aliphatic carboxylic acids is 1. The number of carbonyl (C=O) groups is 1. The van der Waals surface area contributed by atoms with Crippen molar-refractivity contribution in [3.63, 3.8) is 0 Å². The Morgan fingerprint density at radius 3 is 2.44 bits per heavy atom. The summed E-state index contributed by atoms with van der Waals surface area (Å²) in [4.78, 5) is 9.80. The Morgan fingerprint density at radius 1 is 1.56 bits per heavy atom. The third-order valence-corrected chi connectivity index (χ3v) is 0.625. The fraction of sp³-hybridized carbons (Fsp3) is 0.200. The predicted octanol–water partition coefficient (Wildman–Crippen LogP) is 0.477. The van der Waals surface area contributed by atoms with Crippen LogP contribution in [0.4, 0.5) is 0 Å². The van der Waals surface area contributed by atoms with Crippen LogP contribution in [-0.4, -0.2) is 22.0 Å². The Morgan fingerprint density at radius 2 is 2.11 bits per heavy atom. The fourth-order valence-electron chi connectivity index (χ4n) is 0.225. The maximum atomic E-state index is 9.80. The second-order valence-corrected chi connectivity index (χ2v) is 1.41. The van der Waals surface area contributed by atoms with Gasteiger partial charge in [-0.2, -0.15) is 0 Å². The zero-order valence-corrected chi connectivity index (χ0v) is 4.90. The van der Waals surface area contributed by atoms with Gasteiger partial charge in [-0.25, -0.2) is 4.79 Å². The number of nitrogens with zero attached hydrogens (tertiary/aromatic N) is 1. The van der Waals surface area contributed by atoms with E-state index in [0.717, 1.165) is 6.08 Å². The number of carboxylic acid groups (broad SMARTS) is 1. The first kappa shape index (κ1) is 7.68. The predicted molar refractivity (Wildman–Crippen MR) is 31.7 cm³/mol. The van der Waals surface area contributed by atoms with Crippen molar-refractivity contribution in [1.82, 2.24) is 0 Å². The zero-order valence-electron chi connectivity index (χ0n) is 4.90. The van der Waals surface area contributed by atoms with Crippen molar-refractivity contribution in [3.05, 3.63) is 12.2 Å². The van der Waals surface area contributed by atoms with Gasteiger partial charge >= 0.3 is 5.97 Å². The maximum absolute atomic E-state index is 9.80. The van der Waals surface area contributed by atoms with Gasteiger partial charge < -0.3 is 10.3 Å². The summed E-state index contributed by atoms with van der Waals surface area (Å²) in [7, 11) is 0. The highest BCUT2D eigenvalue weighted by molar-refractivity contribution is 5.97. The van der Waals surface area contributed by atoms with Crippen molar-refractivity contribution in [1.29, 1.82) is 0 Å². The molecule has 0 radical (unpaired) electrons. The lowest BCUT2D eigenvalue weighted by Crippen LogP contribution is -1.90. The van der Waals surface area contributed by atoms with Crippen molar-refractivity contribution in [3.8, 4) is 0 Å². The minimum atomic E-state index is -1.06. The van der Waals surface area contributed by atoms with Crippen molar-refractivity contribution < 1.29 is 15.1 Å². The second-order valence-electron chi connectivity index (χ2n) is 1.41. The van der Waals surface area contributed by atoms with Crippen molar-refractivity contribution in [2.75, 3.05) is 0 Å².